The number of fused-ring (bicyclic) bond motifs is 1. The standard InChI is InChI=1S/C21H20N4O2S/c1-27-14-15-3-5-17(6-4-15)23-21-22-13-16-11-12-25(20(16)24-21)18-7-9-19(10-8-18)28(2)26/h3-13H,14H2,1-2H3,(H,22,23,24). The van der Waals surface area contributed by atoms with Gasteiger partial charge < -0.3 is 14.6 Å². The van der Waals surface area contributed by atoms with Crippen molar-refractivity contribution in [2.75, 3.05) is 18.7 Å². The van der Waals surface area contributed by atoms with Crippen molar-refractivity contribution in [1.82, 2.24) is 14.5 Å². The molecule has 1 atom stereocenters. The van der Waals surface area contributed by atoms with Crippen LogP contribution in [-0.2, 0) is 22.1 Å². The quantitative estimate of drug-likeness (QED) is 0.536. The summed E-state index contributed by atoms with van der Waals surface area (Å²) in [4.78, 5) is 9.88. The van der Waals surface area contributed by atoms with Crippen molar-refractivity contribution in [2.45, 2.75) is 11.5 Å². The third-order valence-electron chi connectivity index (χ3n) is 4.40. The second kappa shape index (κ2) is 7.92. The number of anilines is 2. The Balaban J connectivity index is 1.63. The molecule has 0 fully saturated rings. The van der Waals surface area contributed by atoms with E-state index < -0.39 is 10.8 Å². The maximum absolute atomic E-state index is 11.6. The van der Waals surface area contributed by atoms with Gasteiger partial charge in [0.2, 0.25) is 5.95 Å². The molecule has 28 heavy (non-hydrogen) atoms. The van der Waals surface area contributed by atoms with Crippen LogP contribution in [0.25, 0.3) is 16.7 Å². The van der Waals surface area contributed by atoms with Crippen molar-refractivity contribution in [3.8, 4) is 5.69 Å². The lowest BCUT2D eigenvalue weighted by Crippen LogP contribution is -2.00. The fraction of sp³-hybridized carbons (Fsp3) is 0.143. The van der Waals surface area contributed by atoms with E-state index >= 15 is 0 Å². The van der Waals surface area contributed by atoms with Crippen molar-refractivity contribution in [1.29, 1.82) is 0 Å². The van der Waals surface area contributed by atoms with Crippen LogP contribution in [-0.4, -0.2) is 32.1 Å². The summed E-state index contributed by atoms with van der Waals surface area (Å²) in [6.07, 6.45) is 5.43. The van der Waals surface area contributed by atoms with Gasteiger partial charge in [0.05, 0.1) is 6.61 Å². The molecule has 6 nitrogen and oxygen atoms in total. The molecular formula is C21H20N4O2S. The first-order chi connectivity index (χ1) is 13.6. The molecule has 0 aliphatic carbocycles. The number of ether oxygens (including phenoxy) is 1. The molecular weight excluding hydrogens is 372 g/mol. The van der Waals surface area contributed by atoms with E-state index in [1.807, 2.05) is 65.4 Å². The third-order valence-corrected chi connectivity index (χ3v) is 5.33. The van der Waals surface area contributed by atoms with Crippen LogP contribution in [0.1, 0.15) is 5.56 Å². The molecule has 142 valence electrons. The van der Waals surface area contributed by atoms with Crippen LogP contribution < -0.4 is 5.32 Å². The summed E-state index contributed by atoms with van der Waals surface area (Å²) in [6, 6.07) is 17.6. The number of hydrogen-bond acceptors (Lipinski definition) is 5. The number of methoxy groups -OCH3 is 1. The molecule has 0 radical (unpaired) electrons. The lowest BCUT2D eigenvalue weighted by Gasteiger charge is -2.08. The van der Waals surface area contributed by atoms with Gasteiger partial charge in [-0.15, -0.1) is 0 Å². The van der Waals surface area contributed by atoms with Crippen LogP contribution >= 0.6 is 0 Å². The predicted octanol–water partition coefficient (Wildman–Crippen LogP) is 4.05. The van der Waals surface area contributed by atoms with E-state index in [-0.39, 0.29) is 0 Å². The van der Waals surface area contributed by atoms with E-state index in [2.05, 4.69) is 15.3 Å². The van der Waals surface area contributed by atoms with Gasteiger partial charge in [0.15, 0.2) is 0 Å². The smallest absolute Gasteiger partial charge is 0.229 e. The molecule has 0 saturated heterocycles. The number of benzene rings is 2. The van der Waals surface area contributed by atoms with E-state index in [1.165, 1.54) is 0 Å². The number of rotatable bonds is 6. The second-order valence-electron chi connectivity index (χ2n) is 6.36. The van der Waals surface area contributed by atoms with Crippen molar-refractivity contribution < 1.29 is 8.95 Å². The Morgan fingerprint density at radius 3 is 2.50 bits per heavy atom. The van der Waals surface area contributed by atoms with Crippen LogP contribution in [0.3, 0.4) is 0 Å². The van der Waals surface area contributed by atoms with E-state index in [0.29, 0.717) is 12.6 Å². The van der Waals surface area contributed by atoms with Gasteiger partial charge in [-0.2, -0.15) is 4.98 Å². The average molecular weight is 392 g/mol. The van der Waals surface area contributed by atoms with E-state index in [0.717, 1.165) is 32.9 Å². The van der Waals surface area contributed by atoms with E-state index in [4.69, 9.17) is 4.74 Å². The first-order valence-electron chi connectivity index (χ1n) is 8.77. The van der Waals surface area contributed by atoms with Crippen molar-refractivity contribution in [3.05, 3.63) is 72.6 Å². The SMILES string of the molecule is COCc1ccc(Nc2ncc3ccn(-c4ccc(S(C)=O)cc4)c3n2)cc1. The summed E-state index contributed by atoms with van der Waals surface area (Å²) in [7, 11) is 0.687. The average Bonchev–Trinajstić information content (AvgIpc) is 3.13. The highest BCUT2D eigenvalue weighted by Gasteiger charge is 2.08. The number of aromatic nitrogens is 3. The molecule has 0 bridgehead atoms. The van der Waals surface area contributed by atoms with Gasteiger partial charge in [-0.3, -0.25) is 4.21 Å². The normalized spacial score (nSPS) is 12.2. The molecule has 0 aliphatic heterocycles. The monoisotopic (exact) mass is 392 g/mol. The zero-order chi connectivity index (χ0) is 19.5. The van der Waals surface area contributed by atoms with Gasteiger partial charge >= 0.3 is 0 Å². The summed E-state index contributed by atoms with van der Waals surface area (Å²) >= 11 is 0. The predicted molar refractivity (Wildman–Crippen MR) is 112 cm³/mol. The maximum atomic E-state index is 11.6. The summed E-state index contributed by atoms with van der Waals surface area (Å²) in [5.41, 5.74) is 3.78. The lowest BCUT2D eigenvalue weighted by molar-refractivity contribution is 0.185. The molecule has 0 amide bonds. The Bertz CT molecular complexity index is 1120. The zero-order valence-corrected chi connectivity index (χ0v) is 16.4. The Morgan fingerprint density at radius 1 is 1.07 bits per heavy atom. The maximum Gasteiger partial charge on any atom is 0.229 e. The van der Waals surface area contributed by atoms with Gasteiger partial charge in [0.1, 0.15) is 5.65 Å². The van der Waals surface area contributed by atoms with Crippen molar-refractivity contribution in [2.24, 2.45) is 0 Å². The molecule has 0 saturated carbocycles. The van der Waals surface area contributed by atoms with Crippen LogP contribution in [0.4, 0.5) is 11.6 Å². The molecule has 1 unspecified atom stereocenters. The minimum atomic E-state index is -0.993. The fourth-order valence-corrected chi connectivity index (χ4v) is 3.48. The molecule has 7 heteroatoms. The molecule has 0 spiro atoms. The number of nitrogens with zero attached hydrogens (tertiary/aromatic N) is 3. The molecule has 0 aliphatic rings. The summed E-state index contributed by atoms with van der Waals surface area (Å²) in [6.45, 7) is 0.584. The molecule has 4 aromatic rings. The Morgan fingerprint density at radius 2 is 1.82 bits per heavy atom. The minimum Gasteiger partial charge on any atom is -0.380 e. The third kappa shape index (κ3) is 3.81. The highest BCUT2D eigenvalue weighted by atomic mass is 32.2. The van der Waals surface area contributed by atoms with Crippen molar-refractivity contribution in [3.63, 3.8) is 0 Å². The van der Waals surface area contributed by atoms with Crippen LogP contribution in [0.5, 0.6) is 0 Å². The van der Waals surface area contributed by atoms with Gasteiger partial charge in [-0.05, 0) is 48.0 Å². The van der Waals surface area contributed by atoms with Gasteiger partial charge in [0, 0.05) is 58.2 Å². The Labute approximate surface area is 165 Å². The minimum absolute atomic E-state index is 0.526. The highest BCUT2D eigenvalue weighted by molar-refractivity contribution is 7.84. The van der Waals surface area contributed by atoms with Crippen LogP contribution in [0, 0.1) is 0 Å². The molecule has 2 aromatic heterocycles. The number of nitrogens with one attached hydrogen (secondary N) is 1. The zero-order valence-electron chi connectivity index (χ0n) is 15.6. The molecule has 2 aromatic carbocycles. The lowest BCUT2D eigenvalue weighted by atomic mass is 10.2. The molecule has 4 rings (SSSR count). The van der Waals surface area contributed by atoms with E-state index in [9.17, 15) is 4.21 Å². The first kappa shape index (κ1) is 18.3. The van der Waals surface area contributed by atoms with E-state index in [1.54, 1.807) is 19.6 Å². The second-order valence-corrected chi connectivity index (χ2v) is 7.74. The Hall–Kier alpha value is -3.03. The largest absolute Gasteiger partial charge is 0.380 e. The Kier molecular flexibility index (Phi) is 5.18. The topological polar surface area (TPSA) is 69.0 Å². The van der Waals surface area contributed by atoms with Crippen LogP contribution in [0.15, 0.2) is 71.9 Å². The van der Waals surface area contributed by atoms with Crippen LogP contribution in [0.2, 0.25) is 0 Å². The fourth-order valence-electron chi connectivity index (χ4n) is 2.97. The summed E-state index contributed by atoms with van der Waals surface area (Å²) < 4.78 is 18.7. The van der Waals surface area contributed by atoms with Gasteiger partial charge in [0.25, 0.3) is 0 Å². The van der Waals surface area contributed by atoms with Gasteiger partial charge in [-0.25, -0.2) is 4.98 Å². The number of hydrogen-bond donors (Lipinski definition) is 1. The molecule has 2 heterocycles. The van der Waals surface area contributed by atoms with Crippen molar-refractivity contribution >= 4 is 33.5 Å². The highest BCUT2D eigenvalue weighted by Crippen LogP contribution is 2.22. The first-order valence-corrected chi connectivity index (χ1v) is 10.3. The molecule has 1 N–H and O–H groups in total. The summed E-state index contributed by atoms with van der Waals surface area (Å²) in [5.74, 6) is 0.526. The summed E-state index contributed by atoms with van der Waals surface area (Å²) in [5, 5.41) is 4.19. The van der Waals surface area contributed by atoms with Gasteiger partial charge in [-0.1, -0.05) is 12.1 Å².